The fraction of sp³-hybridized carbons (Fsp3) is 0.462. The number of hydrogen-bond donors (Lipinski definition) is 1. The average molecular weight is 300 g/mol. The minimum Gasteiger partial charge on any atom is -0.441 e. The molecule has 0 aliphatic carbocycles. The zero-order chi connectivity index (χ0) is 13.1. The van der Waals surface area contributed by atoms with Crippen LogP contribution in [0.2, 0.25) is 0 Å². The zero-order valence-electron chi connectivity index (χ0n) is 10.4. The van der Waals surface area contributed by atoms with Gasteiger partial charge in [0.15, 0.2) is 0 Å². The maximum Gasteiger partial charge on any atom is 0.405 e. The van der Waals surface area contributed by atoms with Crippen molar-refractivity contribution in [2.24, 2.45) is 11.1 Å². The molecule has 1 rings (SSSR count). The molecule has 0 aliphatic heterocycles. The monoisotopic (exact) mass is 299 g/mol. The van der Waals surface area contributed by atoms with Crippen LogP contribution in [0.5, 0.6) is 0 Å². The molecule has 0 spiro atoms. The third-order valence-corrected chi connectivity index (χ3v) is 2.83. The SMILES string of the molecule is CC(C)(C)C[C@H](OC(N)=O)c1ccc(Br)cc1. The first kappa shape index (κ1) is 14.0. The molecule has 4 heteroatoms. The Kier molecular flexibility index (Phi) is 4.57. The number of carbonyl (C=O) groups excluding carboxylic acids is 1. The average Bonchev–Trinajstić information content (AvgIpc) is 2.14. The number of primary amides is 1. The van der Waals surface area contributed by atoms with Crippen molar-refractivity contribution in [1.29, 1.82) is 0 Å². The molecule has 0 unspecified atom stereocenters. The van der Waals surface area contributed by atoms with Gasteiger partial charge in [-0.3, -0.25) is 0 Å². The Morgan fingerprint density at radius 1 is 1.35 bits per heavy atom. The maximum absolute atomic E-state index is 10.9. The van der Waals surface area contributed by atoms with Gasteiger partial charge in [0.05, 0.1) is 0 Å². The third-order valence-electron chi connectivity index (χ3n) is 2.30. The molecule has 0 fully saturated rings. The van der Waals surface area contributed by atoms with E-state index < -0.39 is 6.09 Å². The number of benzene rings is 1. The molecule has 1 aromatic rings. The Hall–Kier alpha value is -1.03. The van der Waals surface area contributed by atoms with Crippen LogP contribution >= 0.6 is 15.9 Å². The lowest BCUT2D eigenvalue weighted by molar-refractivity contribution is 0.0789. The van der Waals surface area contributed by atoms with E-state index in [1.54, 1.807) is 0 Å². The number of nitrogens with two attached hydrogens (primary N) is 1. The van der Waals surface area contributed by atoms with Crippen molar-refractivity contribution in [2.45, 2.75) is 33.3 Å². The van der Waals surface area contributed by atoms with Gasteiger partial charge in [-0.1, -0.05) is 48.8 Å². The van der Waals surface area contributed by atoms with Crippen molar-refractivity contribution in [3.63, 3.8) is 0 Å². The summed E-state index contributed by atoms with van der Waals surface area (Å²) in [6.07, 6.45) is -0.292. The molecule has 1 amide bonds. The van der Waals surface area contributed by atoms with Gasteiger partial charge in [0, 0.05) is 4.47 Å². The van der Waals surface area contributed by atoms with Gasteiger partial charge in [-0.2, -0.15) is 0 Å². The summed E-state index contributed by atoms with van der Waals surface area (Å²) in [7, 11) is 0. The summed E-state index contributed by atoms with van der Waals surface area (Å²) in [6.45, 7) is 6.30. The van der Waals surface area contributed by atoms with E-state index in [0.717, 1.165) is 16.5 Å². The third kappa shape index (κ3) is 5.22. The van der Waals surface area contributed by atoms with Crippen molar-refractivity contribution in [2.75, 3.05) is 0 Å². The van der Waals surface area contributed by atoms with Crippen LogP contribution in [0, 0.1) is 5.41 Å². The Balaban J connectivity index is 2.89. The standard InChI is InChI=1S/C13H18BrNO2/c1-13(2,3)8-11(17-12(15)16)9-4-6-10(14)7-5-9/h4-7,11H,8H2,1-3H3,(H2,15,16)/t11-/m0/s1. The number of amides is 1. The normalized spacial score (nSPS) is 13.2. The topological polar surface area (TPSA) is 52.3 Å². The number of carbonyl (C=O) groups is 1. The van der Waals surface area contributed by atoms with Crippen molar-refractivity contribution in [3.8, 4) is 0 Å². The molecule has 0 aromatic heterocycles. The second-order valence-corrected chi connectivity index (χ2v) is 6.16. The van der Waals surface area contributed by atoms with E-state index in [1.807, 2.05) is 24.3 Å². The maximum atomic E-state index is 10.9. The first-order valence-corrected chi connectivity index (χ1v) is 6.29. The smallest absolute Gasteiger partial charge is 0.405 e. The molecular weight excluding hydrogens is 282 g/mol. The molecule has 1 aromatic carbocycles. The highest BCUT2D eigenvalue weighted by atomic mass is 79.9. The number of hydrogen-bond acceptors (Lipinski definition) is 2. The Bertz CT molecular complexity index is 381. The summed E-state index contributed by atoms with van der Waals surface area (Å²) in [6, 6.07) is 7.72. The highest BCUT2D eigenvalue weighted by Gasteiger charge is 2.22. The summed E-state index contributed by atoms with van der Waals surface area (Å²) in [4.78, 5) is 10.9. The second kappa shape index (κ2) is 5.54. The molecule has 1 atom stereocenters. The van der Waals surface area contributed by atoms with Crippen molar-refractivity contribution in [1.82, 2.24) is 0 Å². The van der Waals surface area contributed by atoms with Crippen molar-refractivity contribution in [3.05, 3.63) is 34.3 Å². The van der Waals surface area contributed by atoms with E-state index in [2.05, 4.69) is 36.7 Å². The zero-order valence-corrected chi connectivity index (χ0v) is 12.0. The molecule has 0 radical (unpaired) electrons. The Morgan fingerprint density at radius 2 is 1.88 bits per heavy atom. The lowest BCUT2D eigenvalue weighted by atomic mass is 9.87. The quantitative estimate of drug-likeness (QED) is 0.916. The van der Waals surface area contributed by atoms with Crippen molar-refractivity contribution >= 4 is 22.0 Å². The number of ether oxygens (including phenoxy) is 1. The van der Waals surface area contributed by atoms with Gasteiger partial charge < -0.3 is 10.5 Å². The van der Waals surface area contributed by atoms with E-state index in [0.29, 0.717) is 0 Å². The van der Waals surface area contributed by atoms with Crippen LogP contribution in [0.4, 0.5) is 4.79 Å². The van der Waals surface area contributed by atoms with E-state index in [4.69, 9.17) is 10.5 Å². The lowest BCUT2D eigenvalue weighted by Gasteiger charge is -2.25. The molecule has 17 heavy (non-hydrogen) atoms. The summed E-state index contributed by atoms with van der Waals surface area (Å²) in [5.41, 5.74) is 6.13. The van der Waals surface area contributed by atoms with Gasteiger partial charge in [-0.25, -0.2) is 4.79 Å². The molecule has 0 saturated carbocycles. The minimum atomic E-state index is -0.734. The van der Waals surface area contributed by atoms with Crippen LogP contribution in [0.15, 0.2) is 28.7 Å². The lowest BCUT2D eigenvalue weighted by Crippen LogP contribution is -2.21. The van der Waals surface area contributed by atoms with Crippen LogP contribution < -0.4 is 5.73 Å². The number of halogens is 1. The van der Waals surface area contributed by atoms with Crippen LogP contribution in [0.1, 0.15) is 38.9 Å². The first-order chi connectivity index (χ1) is 7.78. The molecule has 0 heterocycles. The fourth-order valence-corrected chi connectivity index (χ4v) is 1.87. The summed E-state index contributed by atoms with van der Waals surface area (Å²) in [5, 5.41) is 0. The van der Waals surface area contributed by atoms with Crippen molar-refractivity contribution < 1.29 is 9.53 Å². The van der Waals surface area contributed by atoms with Crippen LogP contribution in [0.25, 0.3) is 0 Å². The van der Waals surface area contributed by atoms with Gasteiger partial charge in [0.25, 0.3) is 0 Å². The van der Waals surface area contributed by atoms with E-state index in [9.17, 15) is 4.79 Å². The predicted molar refractivity (Wildman–Crippen MR) is 71.6 cm³/mol. The molecule has 2 N–H and O–H groups in total. The highest BCUT2D eigenvalue weighted by molar-refractivity contribution is 9.10. The molecular formula is C13H18BrNO2. The van der Waals surface area contributed by atoms with Gasteiger partial charge >= 0.3 is 6.09 Å². The molecule has 0 aliphatic rings. The molecule has 0 saturated heterocycles. The van der Waals surface area contributed by atoms with Gasteiger partial charge in [-0.15, -0.1) is 0 Å². The minimum absolute atomic E-state index is 0.0627. The first-order valence-electron chi connectivity index (χ1n) is 5.49. The molecule has 94 valence electrons. The molecule has 3 nitrogen and oxygen atoms in total. The summed E-state index contributed by atoms with van der Waals surface area (Å²) < 4.78 is 6.17. The van der Waals surface area contributed by atoms with E-state index in [-0.39, 0.29) is 11.5 Å². The van der Waals surface area contributed by atoms with Gasteiger partial charge in [0.2, 0.25) is 0 Å². The van der Waals surface area contributed by atoms with Gasteiger partial charge in [-0.05, 0) is 29.5 Å². The van der Waals surface area contributed by atoms with Crippen LogP contribution in [-0.4, -0.2) is 6.09 Å². The largest absolute Gasteiger partial charge is 0.441 e. The van der Waals surface area contributed by atoms with Crippen LogP contribution in [0.3, 0.4) is 0 Å². The predicted octanol–water partition coefficient (Wildman–Crippen LogP) is 4.02. The summed E-state index contributed by atoms with van der Waals surface area (Å²) in [5.74, 6) is 0. The fourth-order valence-electron chi connectivity index (χ4n) is 1.60. The van der Waals surface area contributed by atoms with E-state index in [1.165, 1.54) is 0 Å². The van der Waals surface area contributed by atoms with Crippen LogP contribution in [-0.2, 0) is 4.74 Å². The molecule has 0 bridgehead atoms. The Labute approximate surface area is 110 Å². The highest BCUT2D eigenvalue weighted by Crippen LogP contribution is 2.32. The summed E-state index contributed by atoms with van der Waals surface area (Å²) >= 11 is 3.37. The van der Waals surface area contributed by atoms with Gasteiger partial charge in [0.1, 0.15) is 6.10 Å². The second-order valence-electron chi connectivity index (χ2n) is 5.24. The Morgan fingerprint density at radius 3 is 2.29 bits per heavy atom. The van der Waals surface area contributed by atoms with E-state index >= 15 is 0 Å². The number of rotatable bonds is 3.